The van der Waals surface area contributed by atoms with E-state index in [0.29, 0.717) is 18.0 Å². The van der Waals surface area contributed by atoms with E-state index in [0.717, 1.165) is 38.4 Å². The standard InChI is InChI=1S/C16H25N3O2/c1-19(11-13-4-3-9-21-12-13)8-7-16(20)18-15-6-2-5-14(17)10-15/h2,5-6,10,13H,3-4,7-9,11-12,17H2,1H3,(H,18,20). The first-order valence-corrected chi connectivity index (χ1v) is 7.55. The van der Waals surface area contributed by atoms with Crippen molar-refractivity contribution in [1.82, 2.24) is 4.90 Å². The van der Waals surface area contributed by atoms with E-state index in [1.54, 1.807) is 12.1 Å². The minimum Gasteiger partial charge on any atom is -0.399 e. The number of nitrogen functional groups attached to an aromatic ring is 1. The Hall–Kier alpha value is -1.59. The molecule has 1 fully saturated rings. The highest BCUT2D eigenvalue weighted by atomic mass is 16.5. The molecular formula is C16H25N3O2. The van der Waals surface area contributed by atoms with Gasteiger partial charge in [-0.15, -0.1) is 0 Å². The van der Waals surface area contributed by atoms with Crippen molar-refractivity contribution in [3.8, 4) is 0 Å². The quantitative estimate of drug-likeness (QED) is 0.786. The number of nitrogens with two attached hydrogens (primary N) is 1. The van der Waals surface area contributed by atoms with Crippen molar-refractivity contribution in [1.29, 1.82) is 0 Å². The van der Waals surface area contributed by atoms with Crippen LogP contribution >= 0.6 is 0 Å². The van der Waals surface area contributed by atoms with E-state index in [1.807, 2.05) is 12.1 Å². The van der Waals surface area contributed by atoms with Gasteiger partial charge in [0.25, 0.3) is 0 Å². The maximum Gasteiger partial charge on any atom is 0.225 e. The molecule has 1 aliphatic rings. The topological polar surface area (TPSA) is 67.6 Å². The molecular weight excluding hydrogens is 266 g/mol. The number of ether oxygens (including phenoxy) is 1. The number of carbonyl (C=O) groups is 1. The van der Waals surface area contributed by atoms with Crippen LogP contribution in [0.25, 0.3) is 0 Å². The summed E-state index contributed by atoms with van der Waals surface area (Å²) in [6.45, 7) is 3.48. The fourth-order valence-corrected chi connectivity index (χ4v) is 2.62. The Morgan fingerprint density at radius 3 is 3.10 bits per heavy atom. The van der Waals surface area contributed by atoms with Gasteiger partial charge in [-0.3, -0.25) is 4.79 Å². The Bertz CT molecular complexity index is 459. The lowest BCUT2D eigenvalue weighted by atomic mass is 10.0. The van der Waals surface area contributed by atoms with Crippen molar-refractivity contribution < 1.29 is 9.53 Å². The molecule has 0 spiro atoms. The van der Waals surface area contributed by atoms with Gasteiger partial charge in [0.2, 0.25) is 5.91 Å². The Balaban J connectivity index is 1.68. The highest BCUT2D eigenvalue weighted by Gasteiger charge is 2.16. The minimum absolute atomic E-state index is 0.0207. The van der Waals surface area contributed by atoms with Crippen LogP contribution in [0.1, 0.15) is 19.3 Å². The third-order valence-corrected chi connectivity index (χ3v) is 3.72. The molecule has 3 N–H and O–H groups in total. The van der Waals surface area contributed by atoms with Crippen molar-refractivity contribution in [2.24, 2.45) is 5.92 Å². The van der Waals surface area contributed by atoms with Crippen molar-refractivity contribution in [2.45, 2.75) is 19.3 Å². The van der Waals surface area contributed by atoms with Gasteiger partial charge >= 0.3 is 0 Å². The number of hydrogen-bond acceptors (Lipinski definition) is 4. The van der Waals surface area contributed by atoms with Crippen LogP contribution < -0.4 is 11.1 Å². The first-order valence-electron chi connectivity index (χ1n) is 7.55. The molecule has 116 valence electrons. The minimum atomic E-state index is 0.0207. The zero-order chi connectivity index (χ0) is 15.1. The predicted molar refractivity (Wildman–Crippen MR) is 85.1 cm³/mol. The number of rotatable bonds is 6. The van der Waals surface area contributed by atoms with Crippen LogP contribution in [0.5, 0.6) is 0 Å². The molecule has 1 amide bonds. The highest BCUT2D eigenvalue weighted by Crippen LogP contribution is 2.15. The summed E-state index contributed by atoms with van der Waals surface area (Å²) < 4.78 is 5.48. The van der Waals surface area contributed by atoms with Gasteiger partial charge in [0.1, 0.15) is 0 Å². The summed E-state index contributed by atoms with van der Waals surface area (Å²) in [5.74, 6) is 0.619. The Morgan fingerprint density at radius 1 is 1.52 bits per heavy atom. The van der Waals surface area contributed by atoms with Crippen LogP contribution in [-0.4, -0.2) is 44.2 Å². The summed E-state index contributed by atoms with van der Waals surface area (Å²) in [5, 5.41) is 2.87. The van der Waals surface area contributed by atoms with Gasteiger partial charge in [-0.1, -0.05) is 6.07 Å². The van der Waals surface area contributed by atoms with Crippen molar-refractivity contribution in [2.75, 3.05) is 44.4 Å². The first kappa shape index (κ1) is 15.8. The Morgan fingerprint density at radius 2 is 2.38 bits per heavy atom. The largest absolute Gasteiger partial charge is 0.399 e. The number of amides is 1. The Kier molecular flexibility index (Phi) is 6.02. The van der Waals surface area contributed by atoms with E-state index in [-0.39, 0.29) is 5.91 Å². The average molecular weight is 291 g/mol. The second kappa shape index (κ2) is 8.00. The molecule has 1 heterocycles. The summed E-state index contributed by atoms with van der Waals surface area (Å²) in [6, 6.07) is 7.24. The molecule has 5 nitrogen and oxygen atoms in total. The lowest BCUT2D eigenvalue weighted by Crippen LogP contribution is -2.32. The SMILES string of the molecule is CN(CCC(=O)Nc1cccc(N)c1)CC1CCCOC1. The molecule has 1 saturated heterocycles. The predicted octanol–water partition coefficient (Wildman–Crippen LogP) is 1.96. The summed E-state index contributed by atoms with van der Waals surface area (Å²) in [6.07, 6.45) is 2.85. The molecule has 1 aromatic carbocycles. The number of nitrogens with zero attached hydrogens (tertiary/aromatic N) is 1. The monoisotopic (exact) mass is 291 g/mol. The number of anilines is 2. The van der Waals surface area contributed by atoms with Crippen LogP contribution in [0.2, 0.25) is 0 Å². The maximum atomic E-state index is 11.9. The zero-order valence-electron chi connectivity index (χ0n) is 12.7. The molecule has 0 aliphatic carbocycles. The van der Waals surface area contributed by atoms with E-state index in [1.165, 1.54) is 6.42 Å². The van der Waals surface area contributed by atoms with Crippen LogP contribution in [0.4, 0.5) is 11.4 Å². The molecule has 1 aliphatic heterocycles. The third-order valence-electron chi connectivity index (χ3n) is 3.72. The lowest BCUT2D eigenvalue weighted by molar-refractivity contribution is -0.116. The Labute approximate surface area is 126 Å². The lowest BCUT2D eigenvalue weighted by Gasteiger charge is -2.26. The fourth-order valence-electron chi connectivity index (χ4n) is 2.62. The molecule has 0 bridgehead atoms. The van der Waals surface area contributed by atoms with Gasteiger partial charge in [-0.25, -0.2) is 0 Å². The third kappa shape index (κ3) is 5.73. The van der Waals surface area contributed by atoms with Crippen molar-refractivity contribution in [3.05, 3.63) is 24.3 Å². The summed E-state index contributed by atoms with van der Waals surface area (Å²) in [5.41, 5.74) is 7.10. The molecule has 1 atom stereocenters. The molecule has 1 aromatic rings. The fraction of sp³-hybridized carbons (Fsp3) is 0.562. The van der Waals surface area contributed by atoms with Gasteiger partial charge < -0.3 is 20.7 Å². The van der Waals surface area contributed by atoms with Crippen LogP contribution in [0.3, 0.4) is 0 Å². The van der Waals surface area contributed by atoms with E-state index in [4.69, 9.17) is 10.5 Å². The number of hydrogen-bond donors (Lipinski definition) is 2. The zero-order valence-corrected chi connectivity index (χ0v) is 12.7. The van der Waals surface area contributed by atoms with E-state index in [2.05, 4.69) is 17.3 Å². The normalized spacial score (nSPS) is 18.7. The van der Waals surface area contributed by atoms with Crippen LogP contribution in [-0.2, 0) is 9.53 Å². The van der Waals surface area contributed by atoms with Crippen LogP contribution in [0.15, 0.2) is 24.3 Å². The van der Waals surface area contributed by atoms with Crippen molar-refractivity contribution >= 4 is 17.3 Å². The first-order chi connectivity index (χ1) is 10.1. The molecule has 5 heteroatoms. The molecule has 1 unspecified atom stereocenters. The maximum absolute atomic E-state index is 11.9. The second-order valence-electron chi connectivity index (χ2n) is 5.77. The molecule has 0 saturated carbocycles. The summed E-state index contributed by atoms with van der Waals surface area (Å²) in [4.78, 5) is 14.1. The summed E-state index contributed by atoms with van der Waals surface area (Å²) >= 11 is 0. The smallest absolute Gasteiger partial charge is 0.225 e. The van der Waals surface area contributed by atoms with Gasteiger partial charge in [-0.2, -0.15) is 0 Å². The second-order valence-corrected chi connectivity index (χ2v) is 5.77. The van der Waals surface area contributed by atoms with E-state index in [9.17, 15) is 4.79 Å². The molecule has 2 rings (SSSR count). The van der Waals surface area contributed by atoms with Gasteiger partial charge in [0, 0.05) is 37.5 Å². The molecule has 0 aromatic heterocycles. The number of benzene rings is 1. The van der Waals surface area contributed by atoms with Crippen LogP contribution in [0, 0.1) is 5.92 Å². The van der Waals surface area contributed by atoms with Crippen molar-refractivity contribution in [3.63, 3.8) is 0 Å². The molecule has 21 heavy (non-hydrogen) atoms. The average Bonchev–Trinajstić information content (AvgIpc) is 2.46. The number of carbonyl (C=O) groups excluding carboxylic acids is 1. The van der Waals surface area contributed by atoms with Gasteiger partial charge in [-0.05, 0) is 44.0 Å². The van der Waals surface area contributed by atoms with E-state index >= 15 is 0 Å². The van der Waals surface area contributed by atoms with Gasteiger partial charge in [0.05, 0.1) is 6.61 Å². The number of nitrogens with one attached hydrogen (secondary N) is 1. The van der Waals surface area contributed by atoms with E-state index < -0.39 is 0 Å². The highest BCUT2D eigenvalue weighted by molar-refractivity contribution is 5.91. The summed E-state index contributed by atoms with van der Waals surface area (Å²) in [7, 11) is 2.06. The van der Waals surface area contributed by atoms with Gasteiger partial charge in [0.15, 0.2) is 0 Å². The molecule has 0 radical (unpaired) electrons.